The third-order valence-corrected chi connectivity index (χ3v) is 4.15. The first-order chi connectivity index (χ1) is 13.7. The average molecular weight is 374 g/mol. The summed E-state index contributed by atoms with van der Waals surface area (Å²) in [7, 11) is 0. The Bertz CT molecular complexity index is 955. The smallest absolute Gasteiger partial charge is 0.259 e. The summed E-state index contributed by atoms with van der Waals surface area (Å²) in [5.41, 5.74) is 2.27. The molecule has 0 bridgehead atoms. The van der Waals surface area contributed by atoms with E-state index in [0.717, 1.165) is 5.56 Å². The number of hydrogen-bond acceptors (Lipinski definition) is 3. The van der Waals surface area contributed by atoms with Gasteiger partial charge in [-0.2, -0.15) is 0 Å². The van der Waals surface area contributed by atoms with Crippen molar-refractivity contribution >= 4 is 17.5 Å². The first-order valence-electron chi connectivity index (χ1n) is 9.13. The maximum atomic E-state index is 12.7. The SMILES string of the molecule is CCOc1ccccc1C(=O)Nc1ccccc1C(=O)NCc1ccccc1. The lowest BCUT2D eigenvalue weighted by Gasteiger charge is -2.13. The van der Waals surface area contributed by atoms with Gasteiger partial charge in [0.15, 0.2) is 0 Å². The fourth-order valence-electron chi connectivity index (χ4n) is 2.79. The lowest BCUT2D eigenvalue weighted by atomic mass is 10.1. The molecule has 0 aliphatic heterocycles. The van der Waals surface area contributed by atoms with Crippen LogP contribution in [-0.2, 0) is 6.54 Å². The van der Waals surface area contributed by atoms with Gasteiger partial charge in [0.1, 0.15) is 5.75 Å². The lowest BCUT2D eigenvalue weighted by Crippen LogP contribution is -2.25. The number of amides is 2. The second-order valence-electron chi connectivity index (χ2n) is 6.10. The van der Waals surface area contributed by atoms with Gasteiger partial charge in [0.25, 0.3) is 11.8 Å². The number of hydrogen-bond donors (Lipinski definition) is 2. The molecule has 3 aromatic rings. The molecule has 28 heavy (non-hydrogen) atoms. The van der Waals surface area contributed by atoms with Gasteiger partial charge in [-0.05, 0) is 36.8 Å². The fraction of sp³-hybridized carbons (Fsp3) is 0.130. The van der Waals surface area contributed by atoms with Crippen LogP contribution < -0.4 is 15.4 Å². The number of benzene rings is 3. The number of para-hydroxylation sites is 2. The van der Waals surface area contributed by atoms with Crippen LogP contribution in [0.4, 0.5) is 5.69 Å². The fourth-order valence-corrected chi connectivity index (χ4v) is 2.79. The first kappa shape index (κ1) is 19.2. The molecule has 0 atom stereocenters. The quantitative estimate of drug-likeness (QED) is 0.649. The predicted octanol–water partition coefficient (Wildman–Crippen LogP) is 4.27. The number of ether oxygens (including phenoxy) is 1. The van der Waals surface area contributed by atoms with Crippen molar-refractivity contribution in [2.75, 3.05) is 11.9 Å². The van der Waals surface area contributed by atoms with Crippen LogP contribution in [0.3, 0.4) is 0 Å². The molecule has 0 spiro atoms. The standard InChI is InChI=1S/C23H22N2O3/c1-2-28-21-15-9-7-13-19(21)23(27)25-20-14-8-6-12-18(20)22(26)24-16-17-10-4-3-5-11-17/h3-15H,2,16H2,1H3,(H,24,26)(H,25,27). The van der Waals surface area contributed by atoms with Crippen molar-refractivity contribution in [1.82, 2.24) is 5.32 Å². The molecule has 5 nitrogen and oxygen atoms in total. The molecule has 3 aromatic carbocycles. The zero-order valence-corrected chi connectivity index (χ0v) is 15.6. The van der Waals surface area contributed by atoms with Gasteiger partial charge in [0.05, 0.1) is 23.4 Å². The molecule has 0 radical (unpaired) electrons. The van der Waals surface area contributed by atoms with Crippen molar-refractivity contribution in [3.05, 3.63) is 95.6 Å². The van der Waals surface area contributed by atoms with E-state index in [1.807, 2.05) is 43.3 Å². The number of carbonyl (C=O) groups excluding carboxylic acids is 2. The molecule has 0 unspecified atom stereocenters. The molecule has 0 aliphatic rings. The van der Waals surface area contributed by atoms with Gasteiger partial charge in [-0.1, -0.05) is 54.6 Å². The summed E-state index contributed by atoms with van der Waals surface area (Å²) in [5.74, 6) is -0.0706. The summed E-state index contributed by atoms with van der Waals surface area (Å²) in [6.07, 6.45) is 0. The van der Waals surface area contributed by atoms with Crippen LogP contribution >= 0.6 is 0 Å². The van der Waals surface area contributed by atoms with Crippen molar-refractivity contribution in [2.24, 2.45) is 0 Å². The third kappa shape index (κ3) is 4.76. The van der Waals surface area contributed by atoms with Crippen LogP contribution in [0.1, 0.15) is 33.2 Å². The molecule has 142 valence electrons. The van der Waals surface area contributed by atoms with Crippen LogP contribution in [-0.4, -0.2) is 18.4 Å². The van der Waals surface area contributed by atoms with E-state index >= 15 is 0 Å². The van der Waals surface area contributed by atoms with E-state index in [0.29, 0.717) is 35.7 Å². The number of nitrogens with one attached hydrogen (secondary N) is 2. The Labute approximate surface area is 164 Å². The van der Waals surface area contributed by atoms with Gasteiger partial charge in [-0.3, -0.25) is 9.59 Å². The van der Waals surface area contributed by atoms with E-state index in [1.165, 1.54) is 0 Å². The second kappa shape index (κ2) is 9.37. The minimum Gasteiger partial charge on any atom is -0.493 e. The van der Waals surface area contributed by atoms with Crippen LogP contribution in [0.5, 0.6) is 5.75 Å². The average Bonchev–Trinajstić information content (AvgIpc) is 2.74. The van der Waals surface area contributed by atoms with E-state index in [1.54, 1.807) is 42.5 Å². The largest absolute Gasteiger partial charge is 0.493 e. The Morgan fingerprint density at radius 1 is 0.786 bits per heavy atom. The second-order valence-corrected chi connectivity index (χ2v) is 6.10. The summed E-state index contributed by atoms with van der Waals surface area (Å²) in [4.78, 5) is 25.4. The Balaban J connectivity index is 1.75. The van der Waals surface area contributed by atoms with E-state index in [9.17, 15) is 9.59 Å². The molecular weight excluding hydrogens is 352 g/mol. The molecule has 3 rings (SSSR count). The van der Waals surface area contributed by atoms with Crippen LogP contribution in [0, 0.1) is 0 Å². The maximum Gasteiger partial charge on any atom is 0.259 e. The Morgan fingerprint density at radius 3 is 2.18 bits per heavy atom. The van der Waals surface area contributed by atoms with E-state index in [4.69, 9.17) is 4.74 Å². The zero-order valence-electron chi connectivity index (χ0n) is 15.6. The monoisotopic (exact) mass is 374 g/mol. The summed E-state index contributed by atoms with van der Waals surface area (Å²) in [6, 6.07) is 23.6. The highest BCUT2D eigenvalue weighted by atomic mass is 16.5. The minimum absolute atomic E-state index is 0.252. The molecule has 0 aromatic heterocycles. The molecule has 0 aliphatic carbocycles. The molecule has 0 saturated heterocycles. The number of carbonyl (C=O) groups is 2. The zero-order chi connectivity index (χ0) is 19.8. The Morgan fingerprint density at radius 2 is 1.43 bits per heavy atom. The minimum atomic E-state index is -0.327. The van der Waals surface area contributed by atoms with Crippen LogP contribution in [0.15, 0.2) is 78.9 Å². The predicted molar refractivity (Wildman–Crippen MR) is 110 cm³/mol. The lowest BCUT2D eigenvalue weighted by molar-refractivity contribution is 0.0952. The van der Waals surface area contributed by atoms with Crippen molar-refractivity contribution in [2.45, 2.75) is 13.5 Å². The van der Waals surface area contributed by atoms with Gasteiger partial charge < -0.3 is 15.4 Å². The van der Waals surface area contributed by atoms with Crippen molar-refractivity contribution in [3.63, 3.8) is 0 Å². The highest BCUT2D eigenvalue weighted by Crippen LogP contribution is 2.21. The van der Waals surface area contributed by atoms with Crippen molar-refractivity contribution in [3.8, 4) is 5.75 Å². The summed E-state index contributed by atoms with van der Waals surface area (Å²) in [6.45, 7) is 2.74. The molecule has 5 heteroatoms. The van der Waals surface area contributed by atoms with Gasteiger partial charge in [-0.15, -0.1) is 0 Å². The number of rotatable bonds is 7. The normalized spacial score (nSPS) is 10.2. The van der Waals surface area contributed by atoms with E-state index < -0.39 is 0 Å². The molecule has 0 saturated carbocycles. The molecule has 2 amide bonds. The van der Waals surface area contributed by atoms with Crippen LogP contribution in [0.2, 0.25) is 0 Å². The van der Waals surface area contributed by atoms with E-state index in [2.05, 4.69) is 10.6 Å². The van der Waals surface area contributed by atoms with E-state index in [-0.39, 0.29) is 11.8 Å². The molecule has 2 N–H and O–H groups in total. The topological polar surface area (TPSA) is 67.4 Å². The summed E-state index contributed by atoms with van der Waals surface area (Å²) < 4.78 is 5.52. The number of anilines is 1. The summed E-state index contributed by atoms with van der Waals surface area (Å²) >= 11 is 0. The van der Waals surface area contributed by atoms with Gasteiger partial charge in [0, 0.05) is 6.54 Å². The van der Waals surface area contributed by atoms with Crippen molar-refractivity contribution < 1.29 is 14.3 Å². The van der Waals surface area contributed by atoms with Gasteiger partial charge in [0.2, 0.25) is 0 Å². The first-order valence-corrected chi connectivity index (χ1v) is 9.13. The highest BCUT2D eigenvalue weighted by Gasteiger charge is 2.16. The van der Waals surface area contributed by atoms with Crippen LogP contribution in [0.25, 0.3) is 0 Å². The molecule has 0 fully saturated rings. The Hall–Kier alpha value is -3.60. The van der Waals surface area contributed by atoms with Gasteiger partial charge >= 0.3 is 0 Å². The summed E-state index contributed by atoms with van der Waals surface area (Å²) in [5, 5.41) is 5.71. The molecule has 0 heterocycles. The third-order valence-electron chi connectivity index (χ3n) is 4.15. The highest BCUT2D eigenvalue weighted by molar-refractivity contribution is 6.10. The van der Waals surface area contributed by atoms with Crippen molar-refractivity contribution in [1.29, 1.82) is 0 Å². The Kier molecular flexibility index (Phi) is 6.41. The molecular formula is C23H22N2O3. The maximum absolute atomic E-state index is 12.7. The van der Waals surface area contributed by atoms with Gasteiger partial charge in [-0.25, -0.2) is 0 Å².